The van der Waals surface area contributed by atoms with Crippen LogP contribution in [-0.2, 0) is 4.79 Å². The van der Waals surface area contributed by atoms with Gasteiger partial charge in [0.2, 0.25) is 11.1 Å². The van der Waals surface area contributed by atoms with Crippen molar-refractivity contribution in [3.63, 3.8) is 0 Å². The minimum Gasteiger partial charge on any atom is -0.495 e. The lowest BCUT2D eigenvalue weighted by molar-refractivity contribution is -0.115. The summed E-state index contributed by atoms with van der Waals surface area (Å²) in [5, 5.41) is 14.9. The predicted octanol–water partition coefficient (Wildman–Crippen LogP) is 5.46. The van der Waals surface area contributed by atoms with E-state index in [9.17, 15) is 4.79 Å². The van der Waals surface area contributed by atoms with Gasteiger partial charge in [0.05, 0.1) is 12.1 Å². The summed E-state index contributed by atoms with van der Waals surface area (Å²) in [6, 6.07) is 17.5. The van der Waals surface area contributed by atoms with Crippen LogP contribution in [-0.4, -0.2) is 34.0 Å². The molecule has 0 fully saturated rings. The molecule has 3 aromatic carbocycles. The molecule has 0 saturated heterocycles. The molecule has 154 valence electrons. The summed E-state index contributed by atoms with van der Waals surface area (Å²) in [4.78, 5) is 17.0. The minimum atomic E-state index is -0.111. The van der Waals surface area contributed by atoms with Gasteiger partial charge in [0.15, 0.2) is 0 Å². The number of carbonyl (C=O) groups excluding carboxylic acids is 1. The Labute approximate surface area is 188 Å². The summed E-state index contributed by atoms with van der Waals surface area (Å²) in [5.74, 6) is 0.988. The first-order valence-corrected chi connectivity index (χ1v) is 11.0. The van der Waals surface area contributed by atoms with E-state index in [1.807, 2.05) is 12.1 Å². The van der Waals surface area contributed by atoms with Crippen LogP contribution in [0.4, 0.5) is 5.69 Å². The Bertz CT molecular complexity index is 1320. The average molecular weight is 449 g/mol. The third-order valence-electron chi connectivity index (χ3n) is 5.08. The number of aromatic nitrogens is 3. The van der Waals surface area contributed by atoms with Crippen LogP contribution in [0.2, 0.25) is 5.02 Å². The third kappa shape index (κ3) is 3.71. The topological polar surface area (TPSA) is 77.0 Å². The molecule has 1 N–H and O–H groups in total. The van der Waals surface area contributed by atoms with Crippen LogP contribution in [0.25, 0.3) is 33.3 Å². The van der Waals surface area contributed by atoms with Crippen LogP contribution in [0.15, 0.2) is 59.8 Å². The van der Waals surface area contributed by atoms with Gasteiger partial charge in [-0.25, -0.2) is 4.98 Å². The van der Waals surface area contributed by atoms with Crippen molar-refractivity contribution < 1.29 is 9.53 Å². The number of nitrogens with one attached hydrogen (secondary N) is 1. The van der Waals surface area contributed by atoms with Gasteiger partial charge >= 0.3 is 0 Å². The lowest BCUT2D eigenvalue weighted by atomic mass is 10.0. The molecule has 31 heavy (non-hydrogen) atoms. The monoisotopic (exact) mass is 448 g/mol. The summed E-state index contributed by atoms with van der Waals surface area (Å²) in [6.45, 7) is 0. The summed E-state index contributed by atoms with van der Waals surface area (Å²) in [6.07, 6.45) is 0.310. The van der Waals surface area contributed by atoms with Crippen molar-refractivity contribution in [2.45, 2.75) is 11.6 Å². The van der Waals surface area contributed by atoms with Crippen molar-refractivity contribution in [1.82, 2.24) is 15.2 Å². The SMILES string of the molecule is COc1ccc(NC(=O)CCSc2nnc3c(n2)-c2cccc4cccc-3c24)cc1Cl. The first-order valence-electron chi connectivity index (χ1n) is 9.67. The number of hydrogen-bond acceptors (Lipinski definition) is 6. The van der Waals surface area contributed by atoms with Crippen molar-refractivity contribution in [3.05, 3.63) is 59.6 Å². The molecule has 5 rings (SSSR count). The number of rotatable bonds is 6. The van der Waals surface area contributed by atoms with E-state index < -0.39 is 0 Å². The Morgan fingerprint density at radius 2 is 1.84 bits per heavy atom. The molecule has 1 aliphatic carbocycles. The van der Waals surface area contributed by atoms with Gasteiger partial charge in [0.25, 0.3) is 0 Å². The molecule has 0 unspecified atom stereocenters. The number of thioether (sulfide) groups is 1. The van der Waals surface area contributed by atoms with Gasteiger partial charge in [0, 0.05) is 34.4 Å². The van der Waals surface area contributed by atoms with E-state index in [0.717, 1.165) is 22.5 Å². The van der Waals surface area contributed by atoms with Crippen molar-refractivity contribution in [3.8, 4) is 28.3 Å². The Morgan fingerprint density at radius 1 is 1.06 bits per heavy atom. The van der Waals surface area contributed by atoms with Gasteiger partial charge in [-0.05, 0) is 23.6 Å². The molecule has 0 radical (unpaired) electrons. The molecule has 0 aliphatic heterocycles. The highest BCUT2D eigenvalue weighted by molar-refractivity contribution is 7.99. The van der Waals surface area contributed by atoms with E-state index in [2.05, 4.69) is 39.8 Å². The molecule has 1 aromatic heterocycles. The van der Waals surface area contributed by atoms with Crippen LogP contribution in [0, 0.1) is 0 Å². The Hall–Kier alpha value is -3.16. The molecule has 1 aliphatic rings. The second kappa shape index (κ2) is 8.17. The minimum absolute atomic E-state index is 0.111. The zero-order chi connectivity index (χ0) is 21.4. The van der Waals surface area contributed by atoms with Gasteiger partial charge in [-0.15, -0.1) is 10.2 Å². The van der Waals surface area contributed by atoms with Gasteiger partial charge < -0.3 is 10.1 Å². The molecule has 0 saturated carbocycles. The molecule has 6 nitrogen and oxygen atoms in total. The highest BCUT2D eigenvalue weighted by atomic mass is 35.5. The molecule has 8 heteroatoms. The van der Waals surface area contributed by atoms with E-state index in [-0.39, 0.29) is 5.91 Å². The third-order valence-corrected chi connectivity index (χ3v) is 6.21. The van der Waals surface area contributed by atoms with Crippen molar-refractivity contribution in [2.24, 2.45) is 0 Å². The van der Waals surface area contributed by atoms with Gasteiger partial charge in [-0.1, -0.05) is 59.8 Å². The summed E-state index contributed by atoms with van der Waals surface area (Å²) in [7, 11) is 1.55. The largest absolute Gasteiger partial charge is 0.495 e. The second-order valence-corrected chi connectivity index (χ2v) is 8.47. The highest BCUT2D eigenvalue weighted by Gasteiger charge is 2.24. The molecule has 0 spiro atoms. The van der Waals surface area contributed by atoms with Gasteiger partial charge in [0.1, 0.15) is 17.1 Å². The van der Waals surface area contributed by atoms with Crippen LogP contribution in [0.1, 0.15) is 6.42 Å². The number of ether oxygens (including phenoxy) is 1. The second-order valence-electron chi connectivity index (χ2n) is 7.00. The Morgan fingerprint density at radius 3 is 2.58 bits per heavy atom. The van der Waals surface area contributed by atoms with Crippen molar-refractivity contribution >= 4 is 45.7 Å². The number of benzene rings is 3. The lowest BCUT2D eigenvalue weighted by Crippen LogP contribution is -2.12. The number of amides is 1. The number of nitrogens with zero attached hydrogens (tertiary/aromatic N) is 3. The molecular formula is C23H17ClN4O2S. The van der Waals surface area contributed by atoms with Crippen LogP contribution >= 0.6 is 23.4 Å². The van der Waals surface area contributed by atoms with Crippen LogP contribution < -0.4 is 10.1 Å². The van der Waals surface area contributed by atoms with E-state index in [0.29, 0.717) is 33.8 Å². The quantitative estimate of drug-likeness (QED) is 0.348. The predicted molar refractivity (Wildman–Crippen MR) is 124 cm³/mol. The molecule has 0 atom stereocenters. The van der Waals surface area contributed by atoms with Gasteiger partial charge in [-0.2, -0.15) is 0 Å². The number of halogens is 1. The maximum Gasteiger partial charge on any atom is 0.225 e. The zero-order valence-corrected chi connectivity index (χ0v) is 18.1. The summed E-state index contributed by atoms with van der Waals surface area (Å²) >= 11 is 7.51. The van der Waals surface area contributed by atoms with Crippen molar-refractivity contribution in [1.29, 1.82) is 0 Å². The fourth-order valence-corrected chi connectivity index (χ4v) is 4.66. The maximum atomic E-state index is 12.3. The Kier molecular flexibility index (Phi) is 5.21. The standard InChI is InChI=1S/C23H17ClN4O2S/c1-30-18-9-8-14(12-17(18)24)25-19(29)10-11-31-23-26-21-15-6-2-4-13-5-3-7-16(20(13)15)22(21)27-28-23/h2-9,12H,10-11H2,1H3,(H,25,29). The number of methoxy groups -OCH3 is 1. The first-order chi connectivity index (χ1) is 15.1. The summed E-state index contributed by atoms with van der Waals surface area (Å²) in [5.41, 5.74) is 4.43. The fraction of sp³-hybridized carbons (Fsp3) is 0.130. The van der Waals surface area contributed by atoms with Gasteiger partial charge in [-0.3, -0.25) is 4.79 Å². The normalized spacial score (nSPS) is 11.4. The number of hydrogen-bond donors (Lipinski definition) is 1. The molecule has 4 aromatic rings. The Balaban J connectivity index is 1.25. The van der Waals surface area contributed by atoms with E-state index in [4.69, 9.17) is 21.3 Å². The zero-order valence-electron chi connectivity index (χ0n) is 16.6. The summed E-state index contributed by atoms with van der Waals surface area (Å²) < 4.78 is 5.12. The fourth-order valence-electron chi connectivity index (χ4n) is 3.68. The van der Waals surface area contributed by atoms with Crippen LogP contribution in [0.3, 0.4) is 0 Å². The average Bonchev–Trinajstić information content (AvgIpc) is 3.09. The van der Waals surface area contributed by atoms with Crippen molar-refractivity contribution in [2.75, 3.05) is 18.2 Å². The first kappa shape index (κ1) is 19.8. The maximum absolute atomic E-state index is 12.3. The van der Waals surface area contributed by atoms with Crippen LogP contribution in [0.5, 0.6) is 5.75 Å². The molecule has 1 heterocycles. The number of anilines is 1. The highest BCUT2D eigenvalue weighted by Crippen LogP contribution is 2.44. The lowest BCUT2D eigenvalue weighted by Gasteiger charge is -2.08. The number of fused-ring (bicyclic) bond motifs is 3. The van der Waals surface area contributed by atoms with E-state index in [1.165, 1.54) is 22.5 Å². The smallest absolute Gasteiger partial charge is 0.225 e. The molecular weight excluding hydrogens is 432 g/mol. The number of carbonyl (C=O) groups is 1. The van der Waals surface area contributed by atoms with E-state index >= 15 is 0 Å². The molecule has 1 amide bonds. The molecule has 0 bridgehead atoms. The van der Waals surface area contributed by atoms with E-state index in [1.54, 1.807) is 25.3 Å².